The molecular formula is C14H21N. The molecule has 1 aromatic carbocycles. The quantitative estimate of drug-likeness (QED) is 0.740. The third-order valence-electron chi connectivity index (χ3n) is 3.65. The van der Waals surface area contributed by atoms with Crippen molar-refractivity contribution in [3.05, 3.63) is 34.9 Å². The molecule has 0 spiro atoms. The van der Waals surface area contributed by atoms with Crippen molar-refractivity contribution in [2.75, 3.05) is 13.1 Å². The van der Waals surface area contributed by atoms with Crippen LogP contribution >= 0.6 is 0 Å². The summed E-state index contributed by atoms with van der Waals surface area (Å²) in [5.41, 5.74) is 4.36. The summed E-state index contributed by atoms with van der Waals surface area (Å²) >= 11 is 0. The Morgan fingerprint density at radius 1 is 1.27 bits per heavy atom. The van der Waals surface area contributed by atoms with Gasteiger partial charge in [-0.1, -0.05) is 30.7 Å². The molecule has 0 aliphatic carbocycles. The summed E-state index contributed by atoms with van der Waals surface area (Å²) in [6, 6.07) is 6.86. The zero-order valence-corrected chi connectivity index (χ0v) is 10.0. The van der Waals surface area contributed by atoms with Gasteiger partial charge in [0.1, 0.15) is 0 Å². The molecule has 1 aliphatic rings. The molecule has 2 unspecified atom stereocenters. The fourth-order valence-electron chi connectivity index (χ4n) is 2.65. The minimum atomic E-state index is 0.708. The van der Waals surface area contributed by atoms with Crippen LogP contribution in [-0.4, -0.2) is 13.1 Å². The second-order valence-corrected chi connectivity index (χ2v) is 4.94. The minimum absolute atomic E-state index is 0.708. The van der Waals surface area contributed by atoms with Gasteiger partial charge >= 0.3 is 0 Å². The van der Waals surface area contributed by atoms with Crippen molar-refractivity contribution in [3.8, 4) is 0 Å². The van der Waals surface area contributed by atoms with Crippen molar-refractivity contribution in [2.45, 2.75) is 33.1 Å². The Hall–Kier alpha value is -0.820. The molecule has 0 bridgehead atoms. The van der Waals surface area contributed by atoms with E-state index < -0.39 is 0 Å². The Labute approximate surface area is 92.9 Å². The third kappa shape index (κ3) is 2.23. The summed E-state index contributed by atoms with van der Waals surface area (Å²) in [5.74, 6) is 1.52. The lowest BCUT2D eigenvalue weighted by atomic mass is 9.81. The van der Waals surface area contributed by atoms with Crippen LogP contribution in [0.15, 0.2) is 18.2 Å². The summed E-state index contributed by atoms with van der Waals surface area (Å²) in [4.78, 5) is 0. The van der Waals surface area contributed by atoms with Crippen molar-refractivity contribution in [1.29, 1.82) is 0 Å². The van der Waals surface area contributed by atoms with Crippen LogP contribution in [0, 0.1) is 19.8 Å². The van der Waals surface area contributed by atoms with E-state index in [1.807, 2.05) is 0 Å². The molecule has 1 saturated heterocycles. The van der Waals surface area contributed by atoms with Gasteiger partial charge in [0.25, 0.3) is 0 Å². The van der Waals surface area contributed by atoms with E-state index in [0.29, 0.717) is 5.92 Å². The Bertz CT molecular complexity index is 343. The van der Waals surface area contributed by atoms with Crippen LogP contribution in [0.4, 0.5) is 0 Å². The minimum Gasteiger partial charge on any atom is -0.316 e. The van der Waals surface area contributed by atoms with Gasteiger partial charge in [-0.2, -0.15) is 0 Å². The Morgan fingerprint density at radius 3 is 2.73 bits per heavy atom. The van der Waals surface area contributed by atoms with Gasteiger partial charge in [-0.25, -0.2) is 0 Å². The maximum absolute atomic E-state index is 3.51. The number of aryl methyl sites for hydroxylation is 2. The average molecular weight is 203 g/mol. The lowest BCUT2D eigenvalue weighted by Gasteiger charge is -2.31. The van der Waals surface area contributed by atoms with Gasteiger partial charge in [0, 0.05) is 6.54 Å². The zero-order valence-electron chi connectivity index (χ0n) is 10.0. The van der Waals surface area contributed by atoms with Crippen LogP contribution in [-0.2, 0) is 0 Å². The Balaban J connectivity index is 2.27. The summed E-state index contributed by atoms with van der Waals surface area (Å²) in [5, 5.41) is 3.51. The molecule has 1 heteroatoms. The molecule has 0 aromatic heterocycles. The molecule has 1 heterocycles. The third-order valence-corrected chi connectivity index (χ3v) is 3.65. The first-order valence-electron chi connectivity index (χ1n) is 5.96. The molecule has 82 valence electrons. The van der Waals surface area contributed by atoms with Gasteiger partial charge in [0.15, 0.2) is 0 Å². The molecule has 15 heavy (non-hydrogen) atoms. The first kappa shape index (κ1) is 10.7. The standard InChI is InChI=1S/C14H21N/c1-10-4-5-13(12(3)8-10)14-9-15-7-6-11(14)2/h4-5,8,11,14-15H,6-7,9H2,1-3H3. The van der Waals surface area contributed by atoms with E-state index in [9.17, 15) is 0 Å². The molecular weight excluding hydrogens is 182 g/mol. The van der Waals surface area contributed by atoms with Gasteiger partial charge in [0.05, 0.1) is 0 Å². The van der Waals surface area contributed by atoms with Gasteiger partial charge < -0.3 is 5.32 Å². The Kier molecular flexibility index (Phi) is 3.11. The largest absolute Gasteiger partial charge is 0.316 e. The molecule has 0 radical (unpaired) electrons. The smallest absolute Gasteiger partial charge is 0.00228 e. The van der Waals surface area contributed by atoms with E-state index in [4.69, 9.17) is 0 Å². The number of hydrogen-bond donors (Lipinski definition) is 1. The van der Waals surface area contributed by atoms with Crippen LogP contribution in [0.5, 0.6) is 0 Å². The van der Waals surface area contributed by atoms with Crippen molar-refractivity contribution in [1.82, 2.24) is 5.32 Å². The SMILES string of the molecule is Cc1ccc(C2CNCCC2C)c(C)c1. The maximum atomic E-state index is 3.51. The highest BCUT2D eigenvalue weighted by Gasteiger charge is 2.23. The highest BCUT2D eigenvalue weighted by Crippen LogP contribution is 2.31. The monoisotopic (exact) mass is 203 g/mol. The Morgan fingerprint density at radius 2 is 2.07 bits per heavy atom. The zero-order chi connectivity index (χ0) is 10.8. The summed E-state index contributed by atoms with van der Waals surface area (Å²) in [6.45, 7) is 9.11. The first-order valence-corrected chi connectivity index (χ1v) is 5.96. The molecule has 1 aliphatic heterocycles. The maximum Gasteiger partial charge on any atom is 0.00228 e. The van der Waals surface area contributed by atoms with Crippen LogP contribution in [0.3, 0.4) is 0 Å². The lowest BCUT2D eigenvalue weighted by Crippen LogP contribution is -2.34. The number of hydrogen-bond acceptors (Lipinski definition) is 1. The van der Waals surface area contributed by atoms with E-state index in [2.05, 4.69) is 44.3 Å². The van der Waals surface area contributed by atoms with Crippen molar-refractivity contribution >= 4 is 0 Å². The number of rotatable bonds is 1. The van der Waals surface area contributed by atoms with Gasteiger partial charge in [-0.3, -0.25) is 0 Å². The van der Waals surface area contributed by atoms with Gasteiger partial charge in [-0.05, 0) is 49.8 Å². The van der Waals surface area contributed by atoms with E-state index in [1.165, 1.54) is 24.1 Å². The van der Waals surface area contributed by atoms with Crippen molar-refractivity contribution < 1.29 is 0 Å². The summed E-state index contributed by atoms with van der Waals surface area (Å²) in [6.07, 6.45) is 1.30. The van der Waals surface area contributed by atoms with Crippen LogP contribution in [0.1, 0.15) is 36.0 Å². The molecule has 1 fully saturated rings. The second kappa shape index (κ2) is 4.36. The summed E-state index contributed by atoms with van der Waals surface area (Å²) in [7, 11) is 0. The van der Waals surface area contributed by atoms with Gasteiger partial charge in [-0.15, -0.1) is 0 Å². The number of piperidine rings is 1. The summed E-state index contributed by atoms with van der Waals surface area (Å²) < 4.78 is 0. The van der Waals surface area contributed by atoms with Crippen LogP contribution < -0.4 is 5.32 Å². The van der Waals surface area contributed by atoms with Crippen molar-refractivity contribution in [2.24, 2.45) is 5.92 Å². The number of nitrogens with one attached hydrogen (secondary N) is 1. The molecule has 0 saturated carbocycles. The first-order chi connectivity index (χ1) is 7.18. The fraction of sp³-hybridized carbons (Fsp3) is 0.571. The molecule has 1 nitrogen and oxygen atoms in total. The predicted molar refractivity (Wildman–Crippen MR) is 65.3 cm³/mol. The van der Waals surface area contributed by atoms with E-state index in [1.54, 1.807) is 5.56 Å². The number of benzene rings is 1. The van der Waals surface area contributed by atoms with Crippen molar-refractivity contribution in [3.63, 3.8) is 0 Å². The molecule has 1 aromatic rings. The van der Waals surface area contributed by atoms with E-state index in [0.717, 1.165) is 12.5 Å². The van der Waals surface area contributed by atoms with Gasteiger partial charge in [0.2, 0.25) is 0 Å². The van der Waals surface area contributed by atoms with E-state index in [-0.39, 0.29) is 0 Å². The lowest BCUT2D eigenvalue weighted by molar-refractivity contribution is 0.347. The van der Waals surface area contributed by atoms with Crippen LogP contribution in [0.2, 0.25) is 0 Å². The highest BCUT2D eigenvalue weighted by molar-refractivity contribution is 5.34. The molecule has 0 amide bonds. The molecule has 2 atom stereocenters. The molecule has 1 N–H and O–H groups in total. The fourth-order valence-corrected chi connectivity index (χ4v) is 2.65. The predicted octanol–water partition coefficient (Wildman–Crippen LogP) is 3.02. The van der Waals surface area contributed by atoms with Crippen LogP contribution in [0.25, 0.3) is 0 Å². The average Bonchev–Trinajstić information content (AvgIpc) is 2.20. The highest BCUT2D eigenvalue weighted by atomic mass is 14.9. The second-order valence-electron chi connectivity index (χ2n) is 4.94. The topological polar surface area (TPSA) is 12.0 Å². The normalized spacial score (nSPS) is 26.6. The molecule has 2 rings (SSSR count). The van der Waals surface area contributed by atoms with E-state index >= 15 is 0 Å².